The molecule has 5 heteroatoms. The Morgan fingerprint density at radius 2 is 2.14 bits per heavy atom. The quantitative estimate of drug-likeness (QED) is 0.797. The molecule has 0 aromatic rings. The second kappa shape index (κ2) is 8.71. The summed E-state index contributed by atoms with van der Waals surface area (Å²) in [5.74, 6) is 0.276. The first-order chi connectivity index (χ1) is 10.2. The van der Waals surface area contributed by atoms with Gasteiger partial charge in [0.05, 0.1) is 12.0 Å². The average molecular weight is 297 g/mol. The van der Waals surface area contributed by atoms with E-state index < -0.39 is 0 Å². The number of carbonyl (C=O) groups excluding carboxylic acids is 1. The molecule has 2 rings (SSSR count). The van der Waals surface area contributed by atoms with E-state index in [1.165, 1.54) is 12.8 Å². The van der Waals surface area contributed by atoms with Crippen LogP contribution in [0.15, 0.2) is 0 Å². The molecule has 0 bridgehead atoms. The molecule has 5 nitrogen and oxygen atoms in total. The zero-order valence-electron chi connectivity index (χ0n) is 13.4. The topological polar surface area (TPSA) is 58.8 Å². The Labute approximate surface area is 128 Å². The molecule has 21 heavy (non-hydrogen) atoms. The van der Waals surface area contributed by atoms with Gasteiger partial charge in [-0.15, -0.1) is 0 Å². The standard InChI is InChI=1S/C16H31N3O2/c1-2-5-14(12-17)16(20)19-8-4-7-18(9-10-19)13-15-6-3-11-21-15/h14-15H,2-13,17H2,1H3. The molecular formula is C16H31N3O2. The summed E-state index contributed by atoms with van der Waals surface area (Å²) >= 11 is 0. The van der Waals surface area contributed by atoms with Gasteiger partial charge in [-0.3, -0.25) is 9.69 Å². The van der Waals surface area contributed by atoms with Crippen LogP contribution in [-0.2, 0) is 9.53 Å². The Hall–Kier alpha value is -0.650. The Balaban J connectivity index is 1.80. The fourth-order valence-corrected chi connectivity index (χ4v) is 3.40. The summed E-state index contributed by atoms with van der Waals surface area (Å²) in [5.41, 5.74) is 5.77. The summed E-state index contributed by atoms with van der Waals surface area (Å²) in [7, 11) is 0. The first kappa shape index (κ1) is 16.7. The van der Waals surface area contributed by atoms with E-state index in [0.717, 1.165) is 58.6 Å². The van der Waals surface area contributed by atoms with Gasteiger partial charge in [0, 0.05) is 39.3 Å². The molecule has 1 amide bonds. The molecule has 2 heterocycles. The predicted molar refractivity (Wildman–Crippen MR) is 84.1 cm³/mol. The van der Waals surface area contributed by atoms with Gasteiger partial charge < -0.3 is 15.4 Å². The second-order valence-corrected chi connectivity index (χ2v) is 6.34. The average Bonchev–Trinajstić information content (AvgIpc) is 2.89. The van der Waals surface area contributed by atoms with Crippen LogP contribution in [0, 0.1) is 5.92 Å². The molecular weight excluding hydrogens is 266 g/mol. The number of carbonyl (C=O) groups is 1. The minimum absolute atomic E-state index is 0.0136. The molecule has 122 valence electrons. The van der Waals surface area contributed by atoms with E-state index in [0.29, 0.717) is 12.6 Å². The summed E-state index contributed by atoms with van der Waals surface area (Å²) in [6, 6.07) is 0. The van der Waals surface area contributed by atoms with Gasteiger partial charge in [0.2, 0.25) is 5.91 Å². The maximum atomic E-state index is 12.5. The minimum atomic E-state index is 0.0136. The highest BCUT2D eigenvalue weighted by Gasteiger charge is 2.26. The van der Waals surface area contributed by atoms with E-state index in [-0.39, 0.29) is 11.8 Å². The Morgan fingerprint density at radius 3 is 2.81 bits per heavy atom. The van der Waals surface area contributed by atoms with Gasteiger partial charge >= 0.3 is 0 Å². The van der Waals surface area contributed by atoms with Crippen LogP contribution in [0.1, 0.15) is 39.0 Å². The number of rotatable bonds is 6. The summed E-state index contributed by atoms with van der Waals surface area (Å²) in [6.45, 7) is 8.28. The number of nitrogens with two attached hydrogens (primary N) is 1. The van der Waals surface area contributed by atoms with Crippen LogP contribution in [0.25, 0.3) is 0 Å². The van der Waals surface area contributed by atoms with Crippen molar-refractivity contribution in [1.29, 1.82) is 0 Å². The molecule has 2 N–H and O–H groups in total. The number of amides is 1. The molecule has 0 saturated carbocycles. The number of hydrogen-bond acceptors (Lipinski definition) is 4. The van der Waals surface area contributed by atoms with E-state index in [1.54, 1.807) is 0 Å². The van der Waals surface area contributed by atoms with Crippen molar-refractivity contribution < 1.29 is 9.53 Å². The highest BCUT2D eigenvalue weighted by Crippen LogP contribution is 2.16. The second-order valence-electron chi connectivity index (χ2n) is 6.34. The molecule has 0 aromatic carbocycles. The first-order valence-electron chi connectivity index (χ1n) is 8.57. The molecule has 2 aliphatic rings. The molecule has 0 aromatic heterocycles. The molecule has 0 aliphatic carbocycles. The van der Waals surface area contributed by atoms with Gasteiger partial charge in [-0.1, -0.05) is 13.3 Å². The van der Waals surface area contributed by atoms with Gasteiger partial charge in [0.15, 0.2) is 0 Å². The third-order valence-corrected chi connectivity index (χ3v) is 4.66. The van der Waals surface area contributed by atoms with Gasteiger partial charge in [-0.05, 0) is 32.2 Å². The van der Waals surface area contributed by atoms with E-state index in [9.17, 15) is 4.79 Å². The fraction of sp³-hybridized carbons (Fsp3) is 0.938. The Bertz CT molecular complexity index is 319. The molecule has 2 atom stereocenters. The van der Waals surface area contributed by atoms with Crippen molar-refractivity contribution in [2.24, 2.45) is 11.7 Å². The molecule has 0 radical (unpaired) electrons. The van der Waals surface area contributed by atoms with Crippen molar-refractivity contribution in [3.05, 3.63) is 0 Å². The lowest BCUT2D eigenvalue weighted by Crippen LogP contribution is -2.41. The van der Waals surface area contributed by atoms with Crippen molar-refractivity contribution in [1.82, 2.24) is 9.80 Å². The highest BCUT2D eigenvalue weighted by molar-refractivity contribution is 5.79. The lowest BCUT2D eigenvalue weighted by molar-refractivity contribution is -0.135. The summed E-state index contributed by atoms with van der Waals surface area (Å²) < 4.78 is 5.72. The highest BCUT2D eigenvalue weighted by atomic mass is 16.5. The van der Waals surface area contributed by atoms with Gasteiger partial charge in [0.25, 0.3) is 0 Å². The summed E-state index contributed by atoms with van der Waals surface area (Å²) in [6.07, 6.45) is 5.77. The zero-order valence-corrected chi connectivity index (χ0v) is 13.4. The third kappa shape index (κ3) is 4.94. The number of ether oxygens (including phenoxy) is 1. The number of nitrogens with zero attached hydrogens (tertiary/aromatic N) is 2. The van der Waals surface area contributed by atoms with Crippen LogP contribution < -0.4 is 5.73 Å². The Kier molecular flexibility index (Phi) is 6.93. The third-order valence-electron chi connectivity index (χ3n) is 4.66. The van der Waals surface area contributed by atoms with Crippen LogP contribution in [0.2, 0.25) is 0 Å². The SMILES string of the molecule is CCCC(CN)C(=O)N1CCCN(CC2CCCO2)CC1. The van der Waals surface area contributed by atoms with Crippen LogP contribution in [0.3, 0.4) is 0 Å². The van der Waals surface area contributed by atoms with Crippen LogP contribution in [0.5, 0.6) is 0 Å². The van der Waals surface area contributed by atoms with Gasteiger partial charge in [0.1, 0.15) is 0 Å². The van der Waals surface area contributed by atoms with Crippen molar-refractivity contribution in [2.75, 3.05) is 45.9 Å². The smallest absolute Gasteiger partial charge is 0.227 e. The Morgan fingerprint density at radius 1 is 1.29 bits per heavy atom. The number of hydrogen-bond donors (Lipinski definition) is 1. The normalized spacial score (nSPS) is 25.8. The van der Waals surface area contributed by atoms with E-state index in [2.05, 4.69) is 11.8 Å². The van der Waals surface area contributed by atoms with Crippen molar-refractivity contribution >= 4 is 5.91 Å². The largest absolute Gasteiger partial charge is 0.377 e. The van der Waals surface area contributed by atoms with Crippen LogP contribution >= 0.6 is 0 Å². The fourth-order valence-electron chi connectivity index (χ4n) is 3.40. The molecule has 0 spiro atoms. The predicted octanol–water partition coefficient (Wildman–Crippen LogP) is 1.07. The first-order valence-corrected chi connectivity index (χ1v) is 8.57. The van der Waals surface area contributed by atoms with Gasteiger partial charge in [-0.25, -0.2) is 0 Å². The zero-order chi connectivity index (χ0) is 15.1. The maximum Gasteiger partial charge on any atom is 0.227 e. The van der Waals surface area contributed by atoms with E-state index in [4.69, 9.17) is 10.5 Å². The summed E-state index contributed by atoms with van der Waals surface area (Å²) in [5, 5.41) is 0. The van der Waals surface area contributed by atoms with E-state index >= 15 is 0 Å². The lowest BCUT2D eigenvalue weighted by Gasteiger charge is -2.26. The van der Waals surface area contributed by atoms with Crippen LogP contribution in [0.4, 0.5) is 0 Å². The molecule has 2 fully saturated rings. The molecule has 2 aliphatic heterocycles. The minimum Gasteiger partial charge on any atom is -0.377 e. The maximum absolute atomic E-state index is 12.5. The van der Waals surface area contributed by atoms with Crippen molar-refractivity contribution in [2.45, 2.75) is 45.1 Å². The molecule has 2 unspecified atom stereocenters. The summed E-state index contributed by atoms with van der Waals surface area (Å²) in [4.78, 5) is 17.0. The lowest BCUT2D eigenvalue weighted by atomic mass is 10.0. The van der Waals surface area contributed by atoms with Crippen molar-refractivity contribution in [3.63, 3.8) is 0 Å². The van der Waals surface area contributed by atoms with Gasteiger partial charge in [-0.2, -0.15) is 0 Å². The van der Waals surface area contributed by atoms with Crippen LogP contribution in [-0.4, -0.2) is 67.7 Å². The molecule has 2 saturated heterocycles. The van der Waals surface area contributed by atoms with E-state index in [1.807, 2.05) is 4.90 Å². The monoisotopic (exact) mass is 297 g/mol. The van der Waals surface area contributed by atoms with Crippen molar-refractivity contribution in [3.8, 4) is 0 Å².